The Labute approximate surface area is 69.8 Å². The number of halogens is 1. The van der Waals surface area contributed by atoms with Crippen molar-refractivity contribution in [1.29, 1.82) is 0 Å². The fourth-order valence-electron chi connectivity index (χ4n) is 1.18. The largest absolute Gasteiger partial charge is 0.476 e. The van der Waals surface area contributed by atoms with Gasteiger partial charge in [-0.3, -0.25) is 0 Å². The Morgan fingerprint density at radius 2 is 2.42 bits per heavy atom. The normalized spacial score (nSPS) is 25.4. The molecule has 0 aromatic heterocycles. The number of aliphatic carboxylic acids is 1. The molecule has 3 nitrogen and oxygen atoms in total. The Bertz CT molecular complexity index is 194. The van der Waals surface area contributed by atoms with Crippen LogP contribution >= 0.6 is 0 Å². The van der Waals surface area contributed by atoms with E-state index in [9.17, 15) is 9.18 Å². The van der Waals surface area contributed by atoms with E-state index in [1.807, 2.05) is 0 Å². The molecule has 0 bridgehead atoms. The quantitative estimate of drug-likeness (QED) is 0.643. The van der Waals surface area contributed by atoms with Crippen LogP contribution in [0.5, 0.6) is 0 Å². The minimum Gasteiger partial charge on any atom is -0.476 e. The van der Waals surface area contributed by atoms with Crippen LogP contribution < -0.4 is 0 Å². The van der Waals surface area contributed by atoms with Crippen molar-refractivity contribution < 1.29 is 19.0 Å². The van der Waals surface area contributed by atoms with Crippen LogP contribution in [0.3, 0.4) is 0 Å². The molecule has 0 spiro atoms. The van der Waals surface area contributed by atoms with Crippen LogP contribution in [0.15, 0.2) is 11.9 Å². The summed E-state index contributed by atoms with van der Waals surface area (Å²) in [7, 11) is 0. The van der Waals surface area contributed by atoms with E-state index in [0.29, 0.717) is 13.2 Å². The standard InChI is InChI=1S/C8H11FO3/c9-7(8(10)11)4-6-2-1-3-12-5-6/h4,6H,1-3,5H2,(H,10,11)/b7-4-. The summed E-state index contributed by atoms with van der Waals surface area (Å²) >= 11 is 0. The maximum Gasteiger partial charge on any atom is 0.364 e. The first-order valence-electron chi connectivity index (χ1n) is 3.88. The first-order chi connectivity index (χ1) is 5.70. The fraction of sp³-hybridized carbons (Fsp3) is 0.625. The van der Waals surface area contributed by atoms with Gasteiger partial charge in [-0.25, -0.2) is 4.79 Å². The number of carboxylic acid groups (broad SMARTS) is 1. The van der Waals surface area contributed by atoms with Crippen LogP contribution in [-0.4, -0.2) is 24.3 Å². The van der Waals surface area contributed by atoms with Gasteiger partial charge in [-0.1, -0.05) is 0 Å². The SMILES string of the molecule is O=C(O)/C(F)=C/C1CCCOC1. The minimum atomic E-state index is -1.50. The second-order valence-electron chi connectivity index (χ2n) is 2.80. The smallest absolute Gasteiger partial charge is 0.364 e. The molecule has 0 aromatic carbocycles. The van der Waals surface area contributed by atoms with Gasteiger partial charge >= 0.3 is 5.97 Å². The molecule has 0 saturated carbocycles. The summed E-state index contributed by atoms with van der Waals surface area (Å²) in [5, 5.41) is 8.23. The van der Waals surface area contributed by atoms with Gasteiger partial charge in [0.05, 0.1) is 6.61 Å². The Morgan fingerprint density at radius 1 is 1.67 bits per heavy atom. The van der Waals surface area contributed by atoms with Crippen LogP contribution in [0.25, 0.3) is 0 Å². The van der Waals surface area contributed by atoms with E-state index < -0.39 is 11.8 Å². The summed E-state index contributed by atoms with van der Waals surface area (Å²) in [4.78, 5) is 10.1. The molecule has 0 aliphatic carbocycles. The second-order valence-corrected chi connectivity index (χ2v) is 2.80. The van der Waals surface area contributed by atoms with Gasteiger partial charge in [0.25, 0.3) is 0 Å². The Kier molecular flexibility index (Phi) is 3.22. The molecule has 1 unspecified atom stereocenters. The fourth-order valence-corrected chi connectivity index (χ4v) is 1.18. The summed E-state index contributed by atoms with van der Waals surface area (Å²) in [5.41, 5.74) is 0. The van der Waals surface area contributed by atoms with Crippen molar-refractivity contribution in [3.8, 4) is 0 Å². The van der Waals surface area contributed by atoms with E-state index >= 15 is 0 Å². The molecular formula is C8H11FO3. The lowest BCUT2D eigenvalue weighted by Gasteiger charge is -2.18. The number of ether oxygens (including phenoxy) is 1. The second kappa shape index (κ2) is 4.21. The zero-order valence-corrected chi connectivity index (χ0v) is 6.62. The van der Waals surface area contributed by atoms with Crippen molar-refractivity contribution in [2.45, 2.75) is 12.8 Å². The van der Waals surface area contributed by atoms with E-state index in [2.05, 4.69) is 0 Å². The van der Waals surface area contributed by atoms with Crippen LogP contribution in [0, 0.1) is 5.92 Å². The molecule has 1 fully saturated rings. The summed E-state index contributed by atoms with van der Waals surface area (Å²) < 4.78 is 17.6. The lowest BCUT2D eigenvalue weighted by Crippen LogP contribution is -2.16. The average molecular weight is 174 g/mol. The van der Waals surface area contributed by atoms with Gasteiger partial charge in [0.2, 0.25) is 5.83 Å². The van der Waals surface area contributed by atoms with Crippen LogP contribution in [0.4, 0.5) is 4.39 Å². The Hall–Kier alpha value is -0.900. The molecule has 1 atom stereocenters. The number of carbonyl (C=O) groups is 1. The van der Waals surface area contributed by atoms with E-state index in [-0.39, 0.29) is 5.92 Å². The van der Waals surface area contributed by atoms with Crippen LogP contribution in [0.1, 0.15) is 12.8 Å². The molecule has 0 amide bonds. The topological polar surface area (TPSA) is 46.5 Å². The van der Waals surface area contributed by atoms with Crippen molar-refractivity contribution in [2.75, 3.05) is 13.2 Å². The van der Waals surface area contributed by atoms with E-state index in [1.54, 1.807) is 0 Å². The Morgan fingerprint density at radius 3 is 2.92 bits per heavy atom. The molecule has 1 aliphatic heterocycles. The highest BCUT2D eigenvalue weighted by molar-refractivity contribution is 5.83. The number of carboxylic acids is 1. The summed E-state index contributed by atoms with van der Waals surface area (Å²) in [6.45, 7) is 1.12. The highest BCUT2D eigenvalue weighted by atomic mass is 19.1. The van der Waals surface area contributed by atoms with E-state index in [1.165, 1.54) is 0 Å². The third-order valence-corrected chi connectivity index (χ3v) is 1.78. The van der Waals surface area contributed by atoms with Gasteiger partial charge in [0.15, 0.2) is 0 Å². The van der Waals surface area contributed by atoms with Gasteiger partial charge in [-0.05, 0) is 18.9 Å². The molecule has 0 aromatic rings. The van der Waals surface area contributed by atoms with E-state index in [4.69, 9.17) is 9.84 Å². The van der Waals surface area contributed by atoms with Crippen molar-refractivity contribution in [3.63, 3.8) is 0 Å². The zero-order valence-electron chi connectivity index (χ0n) is 6.62. The Balaban J connectivity index is 2.47. The highest BCUT2D eigenvalue weighted by Crippen LogP contribution is 2.16. The van der Waals surface area contributed by atoms with Crippen molar-refractivity contribution in [3.05, 3.63) is 11.9 Å². The monoisotopic (exact) mass is 174 g/mol. The number of rotatable bonds is 2. The number of hydrogen-bond acceptors (Lipinski definition) is 2. The summed E-state index contributed by atoms with van der Waals surface area (Å²) in [6.07, 6.45) is 2.80. The predicted octanol–water partition coefficient (Wildman–Crippen LogP) is 1.35. The third kappa shape index (κ3) is 2.62. The first-order valence-corrected chi connectivity index (χ1v) is 3.88. The molecule has 0 radical (unpaired) electrons. The van der Waals surface area contributed by atoms with Crippen LogP contribution in [0.2, 0.25) is 0 Å². The van der Waals surface area contributed by atoms with Gasteiger partial charge in [-0.15, -0.1) is 0 Å². The molecular weight excluding hydrogens is 163 g/mol. The molecule has 12 heavy (non-hydrogen) atoms. The third-order valence-electron chi connectivity index (χ3n) is 1.78. The molecule has 1 aliphatic rings. The maximum atomic E-state index is 12.5. The molecule has 1 rings (SSSR count). The molecule has 1 heterocycles. The summed E-state index contributed by atoms with van der Waals surface area (Å²) in [5.74, 6) is -2.65. The van der Waals surface area contributed by atoms with Crippen molar-refractivity contribution in [1.82, 2.24) is 0 Å². The van der Waals surface area contributed by atoms with Gasteiger partial charge in [0.1, 0.15) is 0 Å². The lowest BCUT2D eigenvalue weighted by molar-refractivity contribution is -0.134. The van der Waals surface area contributed by atoms with Gasteiger partial charge < -0.3 is 9.84 Å². The first kappa shape index (κ1) is 9.19. The molecule has 1 N–H and O–H groups in total. The molecule has 4 heteroatoms. The lowest BCUT2D eigenvalue weighted by atomic mass is 10.0. The van der Waals surface area contributed by atoms with Crippen molar-refractivity contribution >= 4 is 5.97 Å². The minimum absolute atomic E-state index is 0.0742. The van der Waals surface area contributed by atoms with Crippen molar-refractivity contribution in [2.24, 2.45) is 5.92 Å². The summed E-state index contributed by atoms with van der Waals surface area (Å²) in [6, 6.07) is 0. The van der Waals surface area contributed by atoms with Gasteiger partial charge in [-0.2, -0.15) is 4.39 Å². The predicted molar refractivity (Wildman–Crippen MR) is 40.4 cm³/mol. The average Bonchev–Trinajstić information content (AvgIpc) is 2.06. The highest BCUT2D eigenvalue weighted by Gasteiger charge is 2.14. The maximum absolute atomic E-state index is 12.5. The van der Waals surface area contributed by atoms with E-state index in [0.717, 1.165) is 18.9 Å². The molecule has 68 valence electrons. The number of hydrogen-bond donors (Lipinski definition) is 1. The van der Waals surface area contributed by atoms with Crippen LogP contribution in [-0.2, 0) is 9.53 Å². The molecule has 1 saturated heterocycles. The van der Waals surface area contributed by atoms with Gasteiger partial charge in [0, 0.05) is 12.5 Å². The zero-order chi connectivity index (χ0) is 8.97.